The number of anilines is 2. The lowest BCUT2D eigenvalue weighted by atomic mass is 10.2. The third-order valence-electron chi connectivity index (χ3n) is 2.77. The fraction of sp³-hybridized carbons (Fsp3) is 0.133. The number of pyridine rings is 1. The summed E-state index contributed by atoms with van der Waals surface area (Å²) < 4.78 is 40.6. The molecular formula is C15H13F3N4O3. The molecule has 0 saturated heterocycles. The molecule has 132 valence electrons. The van der Waals surface area contributed by atoms with E-state index >= 15 is 0 Å². The molecule has 3 amide bonds. The van der Waals surface area contributed by atoms with E-state index in [1.165, 1.54) is 12.1 Å². The second-order valence-corrected chi connectivity index (χ2v) is 4.81. The molecule has 1 aromatic heterocycles. The molecule has 25 heavy (non-hydrogen) atoms. The Hall–Kier alpha value is -3.30. The molecule has 0 aliphatic carbocycles. The summed E-state index contributed by atoms with van der Waals surface area (Å²) in [5.74, 6) is -0.785. The summed E-state index contributed by atoms with van der Waals surface area (Å²) in [6, 6.07) is 7.92. The van der Waals surface area contributed by atoms with Crippen molar-refractivity contribution in [1.29, 1.82) is 0 Å². The Bertz CT molecular complexity index is 763. The van der Waals surface area contributed by atoms with Gasteiger partial charge in [0.1, 0.15) is 0 Å². The Kier molecular flexibility index (Phi) is 5.42. The molecule has 0 bridgehead atoms. The van der Waals surface area contributed by atoms with Crippen molar-refractivity contribution >= 4 is 23.3 Å². The first-order valence-electron chi connectivity index (χ1n) is 6.86. The van der Waals surface area contributed by atoms with Crippen LogP contribution in [0, 0.1) is 0 Å². The van der Waals surface area contributed by atoms with Crippen molar-refractivity contribution in [1.82, 2.24) is 4.98 Å². The van der Waals surface area contributed by atoms with Crippen LogP contribution in [0.15, 0.2) is 42.6 Å². The van der Waals surface area contributed by atoms with E-state index in [2.05, 4.69) is 20.4 Å². The summed E-state index contributed by atoms with van der Waals surface area (Å²) in [5, 5.41) is 4.91. The molecule has 0 spiro atoms. The van der Waals surface area contributed by atoms with Crippen molar-refractivity contribution in [2.45, 2.75) is 6.18 Å². The van der Waals surface area contributed by atoms with E-state index in [9.17, 15) is 22.8 Å². The van der Waals surface area contributed by atoms with Gasteiger partial charge in [0.05, 0.1) is 5.56 Å². The lowest BCUT2D eigenvalue weighted by Crippen LogP contribution is -2.20. The number of ether oxygens (including phenoxy) is 1. The van der Waals surface area contributed by atoms with Crippen LogP contribution in [0.2, 0.25) is 0 Å². The van der Waals surface area contributed by atoms with Crippen molar-refractivity contribution in [3.05, 3.63) is 48.2 Å². The summed E-state index contributed by atoms with van der Waals surface area (Å²) in [7, 11) is 0. The molecular weight excluding hydrogens is 341 g/mol. The molecule has 0 aliphatic heterocycles. The molecule has 4 N–H and O–H groups in total. The lowest BCUT2D eigenvalue weighted by molar-refractivity contribution is -0.154. The second kappa shape index (κ2) is 7.51. The normalized spacial score (nSPS) is 10.8. The second-order valence-electron chi connectivity index (χ2n) is 4.81. The first-order chi connectivity index (χ1) is 11.7. The quantitative estimate of drug-likeness (QED) is 0.767. The van der Waals surface area contributed by atoms with Crippen LogP contribution in [0.4, 0.5) is 29.3 Å². The van der Waals surface area contributed by atoms with Crippen molar-refractivity contribution < 1.29 is 27.5 Å². The zero-order chi connectivity index (χ0) is 18.4. The van der Waals surface area contributed by atoms with E-state index in [0.29, 0.717) is 11.4 Å². The first-order valence-corrected chi connectivity index (χ1v) is 6.86. The van der Waals surface area contributed by atoms with E-state index in [4.69, 9.17) is 5.73 Å². The molecule has 2 rings (SSSR count). The van der Waals surface area contributed by atoms with Gasteiger partial charge in [-0.05, 0) is 24.3 Å². The van der Waals surface area contributed by atoms with Gasteiger partial charge < -0.3 is 21.1 Å². The Balaban J connectivity index is 2.00. The molecule has 7 nitrogen and oxygen atoms in total. The number of hydrogen-bond donors (Lipinski definition) is 3. The van der Waals surface area contributed by atoms with Gasteiger partial charge >= 0.3 is 12.2 Å². The zero-order valence-corrected chi connectivity index (χ0v) is 12.6. The molecule has 0 aliphatic rings. The highest BCUT2D eigenvalue weighted by molar-refractivity contribution is 6.04. The van der Waals surface area contributed by atoms with Crippen molar-refractivity contribution in [2.75, 3.05) is 17.2 Å². The van der Waals surface area contributed by atoms with E-state index in [1.54, 1.807) is 18.2 Å². The highest BCUT2D eigenvalue weighted by Gasteiger charge is 2.28. The van der Waals surface area contributed by atoms with E-state index < -0.39 is 24.7 Å². The average Bonchev–Trinajstić information content (AvgIpc) is 2.52. The summed E-state index contributed by atoms with van der Waals surface area (Å²) in [5.41, 5.74) is 5.89. The van der Waals surface area contributed by atoms with Gasteiger partial charge in [-0.3, -0.25) is 4.79 Å². The number of nitrogens with zero attached hydrogens (tertiary/aromatic N) is 1. The standard InChI is InChI=1S/C15H13F3N4O3/c16-15(17,18)8-25-12-5-4-9(7-20-12)13(23)21-10-2-1-3-11(6-10)22-14(19)24/h1-7H,8H2,(H,21,23)(H3,19,22,24). The third kappa shape index (κ3) is 6.01. The number of hydrogen-bond acceptors (Lipinski definition) is 4. The van der Waals surface area contributed by atoms with Gasteiger partial charge in [0.2, 0.25) is 5.88 Å². The Morgan fingerprint density at radius 2 is 1.80 bits per heavy atom. The van der Waals surface area contributed by atoms with Gasteiger partial charge in [-0.25, -0.2) is 9.78 Å². The monoisotopic (exact) mass is 354 g/mol. The maximum atomic E-state index is 12.1. The topological polar surface area (TPSA) is 106 Å². The lowest BCUT2D eigenvalue weighted by Gasteiger charge is -2.09. The summed E-state index contributed by atoms with van der Waals surface area (Å²) in [6.07, 6.45) is -3.38. The number of primary amides is 1. The molecule has 0 unspecified atom stereocenters. The third-order valence-corrected chi connectivity index (χ3v) is 2.77. The van der Waals surface area contributed by atoms with Crippen molar-refractivity contribution in [3.63, 3.8) is 0 Å². The van der Waals surface area contributed by atoms with Crippen LogP contribution >= 0.6 is 0 Å². The zero-order valence-electron chi connectivity index (χ0n) is 12.6. The maximum absolute atomic E-state index is 12.1. The Morgan fingerprint density at radius 3 is 2.36 bits per heavy atom. The molecule has 10 heteroatoms. The van der Waals surface area contributed by atoms with Crippen LogP contribution in [0.3, 0.4) is 0 Å². The number of carbonyl (C=O) groups excluding carboxylic acids is 2. The van der Waals surface area contributed by atoms with Crippen molar-refractivity contribution in [3.8, 4) is 5.88 Å². The molecule has 2 aromatic rings. The fourth-order valence-corrected chi connectivity index (χ4v) is 1.78. The number of aromatic nitrogens is 1. The van der Waals surface area contributed by atoms with Gasteiger partial charge in [0.15, 0.2) is 6.61 Å². The number of carbonyl (C=O) groups is 2. The van der Waals surface area contributed by atoms with Gasteiger partial charge in [0.25, 0.3) is 5.91 Å². The molecule has 1 aromatic carbocycles. The minimum absolute atomic E-state index is 0.118. The highest BCUT2D eigenvalue weighted by Crippen LogP contribution is 2.18. The fourth-order valence-electron chi connectivity index (χ4n) is 1.78. The first kappa shape index (κ1) is 18.0. The van der Waals surface area contributed by atoms with Crippen molar-refractivity contribution in [2.24, 2.45) is 5.73 Å². The van der Waals surface area contributed by atoms with Crippen LogP contribution in [0.5, 0.6) is 5.88 Å². The van der Waals surface area contributed by atoms with Gasteiger partial charge in [-0.2, -0.15) is 13.2 Å². The van der Waals surface area contributed by atoms with Crippen LogP contribution in [-0.4, -0.2) is 29.7 Å². The maximum Gasteiger partial charge on any atom is 0.422 e. The number of rotatable bonds is 5. The predicted molar refractivity (Wildman–Crippen MR) is 83.4 cm³/mol. The number of halogens is 3. The number of nitrogens with one attached hydrogen (secondary N) is 2. The number of nitrogens with two attached hydrogens (primary N) is 1. The highest BCUT2D eigenvalue weighted by atomic mass is 19.4. The van der Waals surface area contributed by atoms with Crippen LogP contribution < -0.4 is 21.1 Å². The molecule has 0 atom stereocenters. The van der Waals surface area contributed by atoms with Gasteiger partial charge in [-0.1, -0.05) is 6.07 Å². The minimum atomic E-state index is -4.47. The number of benzene rings is 1. The van der Waals surface area contributed by atoms with Crippen LogP contribution in [-0.2, 0) is 0 Å². The van der Waals surface area contributed by atoms with Gasteiger partial charge in [0, 0.05) is 23.6 Å². The minimum Gasteiger partial charge on any atom is -0.468 e. The Morgan fingerprint density at radius 1 is 1.12 bits per heavy atom. The summed E-state index contributed by atoms with van der Waals surface area (Å²) in [6.45, 7) is -1.47. The average molecular weight is 354 g/mol. The number of amides is 3. The smallest absolute Gasteiger partial charge is 0.422 e. The molecule has 0 fully saturated rings. The predicted octanol–water partition coefficient (Wildman–Crippen LogP) is 2.77. The molecule has 1 heterocycles. The summed E-state index contributed by atoms with van der Waals surface area (Å²) in [4.78, 5) is 26.5. The van der Waals surface area contributed by atoms with E-state index in [0.717, 1.165) is 12.3 Å². The van der Waals surface area contributed by atoms with E-state index in [-0.39, 0.29) is 11.4 Å². The van der Waals surface area contributed by atoms with Crippen LogP contribution in [0.25, 0.3) is 0 Å². The molecule has 0 radical (unpaired) electrons. The van der Waals surface area contributed by atoms with Gasteiger partial charge in [-0.15, -0.1) is 0 Å². The van der Waals surface area contributed by atoms with Crippen LogP contribution in [0.1, 0.15) is 10.4 Å². The summed E-state index contributed by atoms with van der Waals surface area (Å²) >= 11 is 0. The number of alkyl halides is 3. The largest absolute Gasteiger partial charge is 0.468 e. The number of urea groups is 1. The molecule has 0 saturated carbocycles. The Labute approximate surface area is 140 Å². The van der Waals surface area contributed by atoms with E-state index in [1.807, 2.05) is 0 Å². The SMILES string of the molecule is NC(=O)Nc1cccc(NC(=O)c2ccc(OCC(F)(F)F)nc2)c1.